The highest BCUT2D eigenvalue weighted by Crippen LogP contribution is 2.19. The summed E-state index contributed by atoms with van der Waals surface area (Å²) >= 11 is 0. The second-order valence-corrected chi connectivity index (χ2v) is 5.68. The summed E-state index contributed by atoms with van der Waals surface area (Å²) in [5.74, 6) is 0.224. The van der Waals surface area contributed by atoms with Crippen LogP contribution in [-0.4, -0.2) is 24.4 Å². The molecule has 0 aliphatic heterocycles. The molecule has 0 saturated heterocycles. The van der Waals surface area contributed by atoms with E-state index in [1.807, 2.05) is 32.0 Å². The van der Waals surface area contributed by atoms with Crippen LogP contribution in [0.2, 0.25) is 0 Å². The van der Waals surface area contributed by atoms with Crippen LogP contribution in [0.5, 0.6) is 0 Å². The van der Waals surface area contributed by atoms with Crippen LogP contribution < -0.4 is 10.6 Å². The second kappa shape index (κ2) is 9.98. The molecule has 0 bridgehead atoms. The maximum absolute atomic E-state index is 11.9. The predicted molar refractivity (Wildman–Crippen MR) is 89.6 cm³/mol. The minimum absolute atomic E-state index is 0.0394. The number of nitrogens with one attached hydrogen (secondary N) is 2. The molecule has 2 amide bonds. The van der Waals surface area contributed by atoms with Gasteiger partial charge in [-0.1, -0.05) is 51.1 Å². The van der Waals surface area contributed by atoms with Crippen LogP contribution in [0.25, 0.3) is 0 Å². The number of carbonyl (C=O) groups is 2. The van der Waals surface area contributed by atoms with Gasteiger partial charge < -0.3 is 10.6 Å². The molecule has 122 valence electrons. The number of amides is 2. The van der Waals surface area contributed by atoms with Gasteiger partial charge in [-0.15, -0.1) is 0 Å². The fraction of sp³-hybridized carbons (Fsp3) is 0.556. The Balaban J connectivity index is 2.72. The average molecular weight is 304 g/mol. The molecule has 1 aromatic rings. The number of rotatable bonds is 9. The highest BCUT2D eigenvalue weighted by atomic mass is 16.2. The zero-order valence-corrected chi connectivity index (χ0v) is 13.9. The van der Waals surface area contributed by atoms with E-state index in [0.717, 1.165) is 18.4 Å². The minimum Gasteiger partial charge on any atom is -0.354 e. The Morgan fingerprint density at radius 2 is 1.59 bits per heavy atom. The highest BCUT2D eigenvalue weighted by Gasteiger charge is 2.21. The van der Waals surface area contributed by atoms with Crippen molar-refractivity contribution >= 4 is 11.8 Å². The summed E-state index contributed by atoms with van der Waals surface area (Å²) in [7, 11) is 0. The summed E-state index contributed by atoms with van der Waals surface area (Å²) in [5, 5.41) is 5.99. The molecule has 2 N–H and O–H groups in total. The molecule has 0 radical (unpaired) electrons. The molecule has 0 aromatic heterocycles. The Bertz CT molecular complexity index is 459. The minimum atomic E-state index is -0.0951. The number of carbonyl (C=O) groups excluding carboxylic acids is 2. The van der Waals surface area contributed by atoms with Gasteiger partial charge in [0.05, 0.1) is 6.04 Å². The lowest BCUT2D eigenvalue weighted by Gasteiger charge is -2.26. The number of benzene rings is 1. The van der Waals surface area contributed by atoms with E-state index in [4.69, 9.17) is 0 Å². The SMILES string of the molecule is CCCC(=O)NC[C@@H](NC(=O)CCC)[C@@H](C)c1ccccc1. The van der Waals surface area contributed by atoms with E-state index in [-0.39, 0.29) is 23.8 Å². The van der Waals surface area contributed by atoms with Gasteiger partial charge >= 0.3 is 0 Å². The van der Waals surface area contributed by atoms with Gasteiger partial charge in [0.1, 0.15) is 0 Å². The van der Waals surface area contributed by atoms with E-state index < -0.39 is 0 Å². The maximum atomic E-state index is 11.9. The van der Waals surface area contributed by atoms with Gasteiger partial charge in [0.15, 0.2) is 0 Å². The first-order valence-corrected chi connectivity index (χ1v) is 8.19. The van der Waals surface area contributed by atoms with E-state index in [9.17, 15) is 9.59 Å². The Labute approximate surface area is 133 Å². The van der Waals surface area contributed by atoms with Gasteiger partial charge in [0.2, 0.25) is 11.8 Å². The van der Waals surface area contributed by atoms with Crippen molar-refractivity contribution in [1.82, 2.24) is 10.6 Å². The van der Waals surface area contributed by atoms with E-state index in [2.05, 4.69) is 29.7 Å². The Kier molecular flexibility index (Phi) is 8.26. The molecule has 1 rings (SSSR count). The molecule has 0 fully saturated rings. The Morgan fingerprint density at radius 1 is 1.00 bits per heavy atom. The Hall–Kier alpha value is -1.84. The molecule has 4 heteroatoms. The molecule has 0 aliphatic rings. The first-order valence-electron chi connectivity index (χ1n) is 8.19. The van der Waals surface area contributed by atoms with Crippen LogP contribution in [0.15, 0.2) is 30.3 Å². The van der Waals surface area contributed by atoms with E-state index in [1.54, 1.807) is 0 Å². The predicted octanol–water partition coefficient (Wildman–Crippen LogP) is 2.99. The van der Waals surface area contributed by atoms with Gasteiger partial charge in [-0.3, -0.25) is 9.59 Å². The molecule has 0 heterocycles. The molecule has 0 saturated carbocycles. The van der Waals surface area contributed by atoms with Gasteiger partial charge in [-0.25, -0.2) is 0 Å². The third kappa shape index (κ3) is 6.29. The summed E-state index contributed by atoms with van der Waals surface area (Å²) < 4.78 is 0. The van der Waals surface area contributed by atoms with Crippen molar-refractivity contribution in [2.24, 2.45) is 0 Å². The molecule has 0 spiro atoms. The van der Waals surface area contributed by atoms with Crippen molar-refractivity contribution in [3.63, 3.8) is 0 Å². The third-order valence-electron chi connectivity index (χ3n) is 3.75. The molecule has 1 aromatic carbocycles. The molecule has 4 nitrogen and oxygen atoms in total. The van der Waals surface area contributed by atoms with E-state index in [0.29, 0.717) is 19.4 Å². The van der Waals surface area contributed by atoms with E-state index >= 15 is 0 Å². The summed E-state index contributed by atoms with van der Waals surface area (Å²) in [6.07, 6.45) is 2.68. The quantitative estimate of drug-likeness (QED) is 0.737. The first-order chi connectivity index (χ1) is 10.6. The normalized spacial score (nSPS) is 13.2. The van der Waals surface area contributed by atoms with Crippen LogP contribution in [0.1, 0.15) is 57.9 Å². The summed E-state index contributed by atoms with van der Waals surface area (Å²) in [6, 6.07) is 9.97. The number of hydrogen-bond acceptors (Lipinski definition) is 2. The lowest BCUT2D eigenvalue weighted by Crippen LogP contribution is -2.46. The fourth-order valence-corrected chi connectivity index (χ4v) is 2.39. The largest absolute Gasteiger partial charge is 0.354 e. The summed E-state index contributed by atoms with van der Waals surface area (Å²) in [6.45, 7) is 6.51. The molecule has 2 atom stereocenters. The van der Waals surface area contributed by atoms with Gasteiger partial charge in [-0.05, 0) is 18.4 Å². The standard InChI is InChI=1S/C18H28N2O2/c1-4-9-17(21)19-13-16(20-18(22)10-5-2)14(3)15-11-7-6-8-12-15/h6-8,11-12,14,16H,4-5,9-10,13H2,1-3H3,(H,19,21)(H,20,22)/t14-,16+/m0/s1. The van der Waals surface area contributed by atoms with Crippen molar-refractivity contribution in [3.8, 4) is 0 Å². The van der Waals surface area contributed by atoms with Crippen LogP contribution in [0.4, 0.5) is 0 Å². The van der Waals surface area contributed by atoms with Gasteiger partial charge in [-0.2, -0.15) is 0 Å². The van der Waals surface area contributed by atoms with Crippen LogP contribution in [-0.2, 0) is 9.59 Å². The van der Waals surface area contributed by atoms with Gasteiger partial charge in [0, 0.05) is 25.3 Å². The average Bonchev–Trinajstić information content (AvgIpc) is 2.52. The van der Waals surface area contributed by atoms with Crippen LogP contribution in [0, 0.1) is 0 Å². The molecule has 22 heavy (non-hydrogen) atoms. The zero-order valence-electron chi connectivity index (χ0n) is 13.9. The maximum Gasteiger partial charge on any atom is 0.220 e. The summed E-state index contributed by atoms with van der Waals surface area (Å²) in [4.78, 5) is 23.6. The first kappa shape index (κ1) is 18.2. The highest BCUT2D eigenvalue weighted by molar-refractivity contribution is 5.77. The monoisotopic (exact) mass is 304 g/mol. The molecular weight excluding hydrogens is 276 g/mol. The topological polar surface area (TPSA) is 58.2 Å². The van der Waals surface area contributed by atoms with Crippen molar-refractivity contribution in [1.29, 1.82) is 0 Å². The van der Waals surface area contributed by atoms with Crippen molar-refractivity contribution < 1.29 is 9.59 Å². The Morgan fingerprint density at radius 3 is 2.18 bits per heavy atom. The van der Waals surface area contributed by atoms with Crippen molar-refractivity contribution in [2.75, 3.05) is 6.54 Å². The fourth-order valence-electron chi connectivity index (χ4n) is 2.39. The second-order valence-electron chi connectivity index (χ2n) is 5.68. The van der Waals surface area contributed by atoms with E-state index in [1.165, 1.54) is 0 Å². The van der Waals surface area contributed by atoms with Crippen molar-refractivity contribution in [3.05, 3.63) is 35.9 Å². The number of hydrogen-bond donors (Lipinski definition) is 2. The zero-order chi connectivity index (χ0) is 16.4. The van der Waals surface area contributed by atoms with Crippen LogP contribution >= 0.6 is 0 Å². The van der Waals surface area contributed by atoms with Gasteiger partial charge in [0.25, 0.3) is 0 Å². The smallest absolute Gasteiger partial charge is 0.220 e. The van der Waals surface area contributed by atoms with Crippen LogP contribution in [0.3, 0.4) is 0 Å². The lowest BCUT2D eigenvalue weighted by molar-refractivity contribution is -0.123. The third-order valence-corrected chi connectivity index (χ3v) is 3.75. The molecule has 0 unspecified atom stereocenters. The molecule has 0 aliphatic carbocycles. The van der Waals surface area contributed by atoms with Crippen molar-refractivity contribution in [2.45, 2.75) is 58.4 Å². The summed E-state index contributed by atoms with van der Waals surface area (Å²) in [5.41, 5.74) is 1.16. The lowest BCUT2D eigenvalue weighted by atomic mass is 9.93. The molecular formula is C18H28N2O2.